The Balaban J connectivity index is 2.00. The minimum Gasteiger partial charge on any atom is -0.326 e. The van der Waals surface area contributed by atoms with Gasteiger partial charge in [0, 0.05) is 30.2 Å². The van der Waals surface area contributed by atoms with Crippen molar-refractivity contribution < 1.29 is 0 Å². The predicted molar refractivity (Wildman–Crippen MR) is 88.4 cm³/mol. The highest BCUT2D eigenvalue weighted by atomic mass is 15.3. The van der Waals surface area contributed by atoms with Crippen LogP contribution < -0.4 is 5.73 Å². The lowest BCUT2D eigenvalue weighted by Gasteiger charge is -2.42. The van der Waals surface area contributed by atoms with Gasteiger partial charge in [0.05, 0.1) is 5.69 Å². The molecule has 0 radical (unpaired) electrons. The average molecular weight is 292 g/mol. The first-order valence-corrected chi connectivity index (χ1v) is 8.46. The second kappa shape index (κ2) is 6.93. The minimum absolute atomic E-state index is 0.0337. The van der Waals surface area contributed by atoms with Crippen LogP contribution in [-0.4, -0.2) is 39.4 Å². The number of nitrogens with two attached hydrogens (primary N) is 1. The van der Waals surface area contributed by atoms with Crippen molar-refractivity contribution in [2.45, 2.75) is 77.4 Å². The number of nitrogens with zero attached hydrogens (tertiary/aromatic N) is 3. The minimum atomic E-state index is 0.0337. The first-order valence-electron chi connectivity index (χ1n) is 8.46. The largest absolute Gasteiger partial charge is 0.326 e. The molecule has 4 nitrogen and oxygen atoms in total. The third kappa shape index (κ3) is 4.07. The number of aromatic nitrogens is 2. The molecule has 1 fully saturated rings. The summed E-state index contributed by atoms with van der Waals surface area (Å²) in [5.74, 6) is 0. The zero-order valence-electron chi connectivity index (χ0n) is 14.2. The quantitative estimate of drug-likeness (QED) is 0.907. The summed E-state index contributed by atoms with van der Waals surface area (Å²) in [7, 11) is 0. The van der Waals surface area contributed by atoms with Gasteiger partial charge in [-0.2, -0.15) is 5.10 Å². The SMILES string of the molecule is CC(C)n1ccc(CC(N)C(C)(C)N2CCCCCC2)n1. The maximum absolute atomic E-state index is 6.56. The fraction of sp³-hybridized carbons (Fsp3) is 0.824. The molecule has 0 aliphatic carbocycles. The van der Waals surface area contributed by atoms with Gasteiger partial charge in [-0.05, 0) is 59.7 Å². The Morgan fingerprint density at radius 1 is 1.19 bits per heavy atom. The smallest absolute Gasteiger partial charge is 0.0640 e. The van der Waals surface area contributed by atoms with Gasteiger partial charge >= 0.3 is 0 Å². The van der Waals surface area contributed by atoms with Crippen molar-refractivity contribution in [3.63, 3.8) is 0 Å². The van der Waals surface area contributed by atoms with Crippen molar-refractivity contribution >= 4 is 0 Å². The average Bonchev–Trinajstić information content (AvgIpc) is 2.72. The van der Waals surface area contributed by atoms with Gasteiger partial charge in [0.1, 0.15) is 0 Å². The Bertz CT molecular complexity index is 428. The zero-order valence-corrected chi connectivity index (χ0v) is 14.2. The van der Waals surface area contributed by atoms with Gasteiger partial charge in [0.25, 0.3) is 0 Å². The van der Waals surface area contributed by atoms with Crippen molar-refractivity contribution in [1.29, 1.82) is 0 Å². The summed E-state index contributed by atoms with van der Waals surface area (Å²) in [5.41, 5.74) is 7.70. The highest BCUT2D eigenvalue weighted by Crippen LogP contribution is 2.24. The van der Waals surface area contributed by atoms with Crippen LogP contribution in [0.2, 0.25) is 0 Å². The predicted octanol–water partition coefficient (Wildman–Crippen LogP) is 2.99. The molecular formula is C17H32N4. The van der Waals surface area contributed by atoms with Gasteiger partial charge < -0.3 is 5.73 Å². The molecule has 120 valence electrons. The molecule has 1 saturated heterocycles. The van der Waals surface area contributed by atoms with Gasteiger partial charge in [-0.25, -0.2) is 0 Å². The zero-order chi connectivity index (χ0) is 15.5. The molecule has 0 saturated carbocycles. The van der Waals surface area contributed by atoms with E-state index < -0.39 is 0 Å². The van der Waals surface area contributed by atoms with Crippen LogP contribution in [0.3, 0.4) is 0 Å². The molecule has 2 N–H and O–H groups in total. The van der Waals surface area contributed by atoms with Crippen LogP contribution >= 0.6 is 0 Å². The van der Waals surface area contributed by atoms with Gasteiger partial charge in [-0.15, -0.1) is 0 Å². The van der Waals surface area contributed by atoms with Gasteiger partial charge in [0.15, 0.2) is 0 Å². The van der Waals surface area contributed by atoms with E-state index in [1.54, 1.807) is 0 Å². The molecule has 1 aliphatic rings. The fourth-order valence-corrected chi connectivity index (χ4v) is 3.13. The maximum atomic E-state index is 6.56. The molecule has 1 aromatic rings. The van der Waals surface area contributed by atoms with Crippen LogP contribution in [0.4, 0.5) is 0 Å². The first kappa shape index (κ1) is 16.5. The van der Waals surface area contributed by atoms with E-state index in [-0.39, 0.29) is 11.6 Å². The number of hydrogen-bond donors (Lipinski definition) is 1. The summed E-state index contributed by atoms with van der Waals surface area (Å²) in [4.78, 5) is 2.59. The molecule has 2 rings (SSSR count). The number of hydrogen-bond acceptors (Lipinski definition) is 3. The summed E-state index contributed by atoms with van der Waals surface area (Å²) in [6.45, 7) is 11.3. The van der Waals surface area contributed by atoms with Gasteiger partial charge in [-0.1, -0.05) is 12.8 Å². The topological polar surface area (TPSA) is 47.1 Å². The molecule has 0 bridgehead atoms. The Kier molecular flexibility index (Phi) is 5.44. The highest BCUT2D eigenvalue weighted by Gasteiger charge is 2.33. The molecule has 0 spiro atoms. The van der Waals surface area contributed by atoms with Gasteiger partial charge in [0.2, 0.25) is 0 Å². The summed E-state index contributed by atoms with van der Waals surface area (Å²) >= 11 is 0. The lowest BCUT2D eigenvalue weighted by atomic mass is 9.89. The third-order valence-electron chi connectivity index (χ3n) is 4.95. The van der Waals surface area contributed by atoms with Crippen molar-refractivity contribution in [3.05, 3.63) is 18.0 Å². The Morgan fingerprint density at radius 2 is 1.81 bits per heavy atom. The second-order valence-corrected chi connectivity index (χ2v) is 7.25. The first-order chi connectivity index (χ1) is 9.91. The number of likely N-dealkylation sites (tertiary alicyclic amines) is 1. The molecule has 0 aromatic carbocycles. The lowest BCUT2D eigenvalue weighted by molar-refractivity contribution is 0.0975. The maximum Gasteiger partial charge on any atom is 0.0640 e. The summed E-state index contributed by atoms with van der Waals surface area (Å²) < 4.78 is 2.01. The Labute approximate surface area is 129 Å². The van der Waals surface area contributed by atoms with E-state index in [1.165, 1.54) is 38.8 Å². The van der Waals surface area contributed by atoms with Crippen molar-refractivity contribution in [1.82, 2.24) is 14.7 Å². The van der Waals surface area contributed by atoms with Crippen LogP contribution in [0.25, 0.3) is 0 Å². The molecule has 1 aliphatic heterocycles. The van der Waals surface area contributed by atoms with Crippen LogP contribution in [-0.2, 0) is 6.42 Å². The standard InChI is InChI=1S/C17H32N4/c1-14(2)21-12-9-15(19-21)13-16(18)17(3,4)20-10-7-5-6-8-11-20/h9,12,14,16H,5-8,10-11,13,18H2,1-4H3. The lowest BCUT2D eigenvalue weighted by Crippen LogP contribution is -2.57. The number of rotatable bonds is 5. The van der Waals surface area contributed by atoms with Crippen LogP contribution in [0.5, 0.6) is 0 Å². The molecule has 21 heavy (non-hydrogen) atoms. The Morgan fingerprint density at radius 3 is 2.33 bits per heavy atom. The normalized spacial score (nSPS) is 19.7. The third-order valence-corrected chi connectivity index (χ3v) is 4.95. The van der Waals surface area contributed by atoms with E-state index in [9.17, 15) is 0 Å². The van der Waals surface area contributed by atoms with Crippen LogP contribution in [0, 0.1) is 0 Å². The summed E-state index contributed by atoms with van der Waals surface area (Å²) in [6.07, 6.45) is 8.24. The van der Waals surface area contributed by atoms with E-state index in [2.05, 4.69) is 50.0 Å². The van der Waals surface area contributed by atoms with E-state index >= 15 is 0 Å². The molecule has 4 heteroatoms. The van der Waals surface area contributed by atoms with E-state index in [1.807, 2.05) is 4.68 Å². The molecule has 2 heterocycles. The molecule has 1 aromatic heterocycles. The van der Waals surface area contributed by atoms with Crippen LogP contribution in [0.15, 0.2) is 12.3 Å². The Hall–Kier alpha value is -0.870. The summed E-state index contributed by atoms with van der Waals surface area (Å²) in [5, 5.41) is 4.65. The summed E-state index contributed by atoms with van der Waals surface area (Å²) in [6, 6.07) is 2.64. The van der Waals surface area contributed by atoms with Crippen LogP contribution in [0.1, 0.15) is 65.1 Å². The molecule has 0 amide bonds. The fourth-order valence-electron chi connectivity index (χ4n) is 3.13. The van der Waals surface area contributed by atoms with E-state index in [0.717, 1.165) is 12.1 Å². The van der Waals surface area contributed by atoms with E-state index in [0.29, 0.717) is 6.04 Å². The van der Waals surface area contributed by atoms with Gasteiger partial charge in [-0.3, -0.25) is 9.58 Å². The molecule has 1 unspecified atom stereocenters. The van der Waals surface area contributed by atoms with Crippen molar-refractivity contribution in [2.24, 2.45) is 5.73 Å². The second-order valence-electron chi connectivity index (χ2n) is 7.25. The van der Waals surface area contributed by atoms with E-state index in [4.69, 9.17) is 5.73 Å². The molecular weight excluding hydrogens is 260 g/mol. The highest BCUT2D eigenvalue weighted by molar-refractivity contribution is 5.06. The monoisotopic (exact) mass is 292 g/mol. The van der Waals surface area contributed by atoms with Crippen molar-refractivity contribution in [3.8, 4) is 0 Å². The van der Waals surface area contributed by atoms with Crippen molar-refractivity contribution in [2.75, 3.05) is 13.1 Å². The molecule has 1 atom stereocenters.